The molecule has 4 aromatic rings. The van der Waals surface area contributed by atoms with Gasteiger partial charge in [-0.25, -0.2) is 4.99 Å². The predicted molar refractivity (Wildman–Crippen MR) is 131 cm³/mol. The average molecular weight is 457 g/mol. The number of imide groups is 1. The number of rotatable bonds is 7. The fourth-order valence-electron chi connectivity index (χ4n) is 4.48. The van der Waals surface area contributed by atoms with Crippen molar-refractivity contribution in [1.82, 2.24) is 14.9 Å². The highest BCUT2D eigenvalue weighted by Crippen LogP contribution is 2.40. The summed E-state index contributed by atoms with van der Waals surface area (Å²) in [7, 11) is 1.62. The minimum absolute atomic E-state index is 0.360. The third-order valence-corrected chi connectivity index (χ3v) is 6.00. The molecule has 3 heterocycles. The largest absolute Gasteiger partial charge is 0.495 e. The number of benzene rings is 2. The number of hydrogen-bond donors (Lipinski definition) is 2. The average Bonchev–Trinajstić information content (AvgIpc) is 3.49. The molecular weight excluding hydrogens is 436 g/mol. The Labute approximate surface area is 194 Å². The van der Waals surface area contributed by atoms with E-state index in [1.54, 1.807) is 13.3 Å². The number of aliphatic imine (C=N–C) groups is 1. The Morgan fingerprint density at radius 1 is 1.03 bits per heavy atom. The van der Waals surface area contributed by atoms with E-state index < -0.39 is 11.8 Å². The standard InChI is InChI=1S/C25H20N4O3S/c1-32-20-9-4-7-16-18(13-29(23(16)20)11-5-10-26-14-33)22-21(24(30)28-25(22)31)17-12-27-19-8-3-2-6-15(17)19/h2-4,6-9,12-13,27H,5,10-11H2,1H3,(H,28,30,31). The maximum Gasteiger partial charge on any atom is 0.259 e. The molecule has 1 aliphatic heterocycles. The van der Waals surface area contributed by atoms with E-state index in [9.17, 15) is 9.59 Å². The number of fused-ring (bicyclic) bond motifs is 2. The number of para-hydroxylation sites is 2. The lowest BCUT2D eigenvalue weighted by Crippen LogP contribution is -2.22. The van der Waals surface area contributed by atoms with E-state index in [1.807, 2.05) is 53.2 Å². The van der Waals surface area contributed by atoms with Gasteiger partial charge in [-0.15, -0.1) is 0 Å². The number of aryl methyl sites for hydroxylation is 1. The van der Waals surface area contributed by atoms with E-state index in [-0.39, 0.29) is 0 Å². The highest BCUT2D eigenvalue weighted by molar-refractivity contribution is 7.78. The van der Waals surface area contributed by atoms with E-state index >= 15 is 0 Å². The van der Waals surface area contributed by atoms with Crippen LogP contribution in [-0.4, -0.2) is 40.2 Å². The first kappa shape index (κ1) is 20.9. The third kappa shape index (κ3) is 3.46. The van der Waals surface area contributed by atoms with Crippen LogP contribution in [0.25, 0.3) is 33.0 Å². The van der Waals surface area contributed by atoms with E-state index in [4.69, 9.17) is 4.74 Å². The SMILES string of the molecule is COc1cccc2c(C3=C(c4c[nH]c5ccccc45)C(=O)NC3=O)cn(CCCN=C=S)c12. The predicted octanol–water partition coefficient (Wildman–Crippen LogP) is 4.19. The first-order chi connectivity index (χ1) is 16.1. The Morgan fingerprint density at radius 2 is 1.79 bits per heavy atom. The highest BCUT2D eigenvalue weighted by atomic mass is 32.1. The van der Waals surface area contributed by atoms with Gasteiger partial charge in [0.2, 0.25) is 0 Å². The van der Waals surface area contributed by atoms with Gasteiger partial charge in [0.1, 0.15) is 5.75 Å². The van der Waals surface area contributed by atoms with Crippen LogP contribution in [0, 0.1) is 0 Å². The molecule has 0 aliphatic carbocycles. The van der Waals surface area contributed by atoms with Crippen molar-refractivity contribution in [1.29, 1.82) is 0 Å². The molecule has 8 heteroatoms. The van der Waals surface area contributed by atoms with Crippen LogP contribution in [0.1, 0.15) is 17.5 Å². The first-order valence-electron chi connectivity index (χ1n) is 10.5. The Balaban J connectivity index is 1.75. The summed E-state index contributed by atoms with van der Waals surface area (Å²) in [4.78, 5) is 33.2. The summed E-state index contributed by atoms with van der Waals surface area (Å²) in [5, 5.41) is 6.59. The van der Waals surface area contributed by atoms with Crippen LogP contribution in [0.2, 0.25) is 0 Å². The van der Waals surface area contributed by atoms with Crippen LogP contribution in [-0.2, 0) is 16.1 Å². The molecular formula is C25H20N4O3S. The van der Waals surface area contributed by atoms with E-state index in [0.29, 0.717) is 41.1 Å². The number of carbonyl (C=O) groups excluding carboxylic acids is 2. The second-order valence-corrected chi connectivity index (χ2v) is 7.88. The van der Waals surface area contributed by atoms with Gasteiger partial charge in [-0.05, 0) is 30.8 Å². The number of ether oxygens (including phenoxy) is 1. The quantitative estimate of drug-likeness (QED) is 0.189. The zero-order valence-electron chi connectivity index (χ0n) is 17.8. The Hall–Kier alpha value is -4.00. The van der Waals surface area contributed by atoms with Gasteiger partial charge in [-0.1, -0.05) is 30.3 Å². The van der Waals surface area contributed by atoms with Gasteiger partial charge in [-0.3, -0.25) is 14.9 Å². The van der Waals surface area contributed by atoms with Gasteiger partial charge in [0, 0.05) is 46.4 Å². The van der Waals surface area contributed by atoms with Crippen molar-refractivity contribution in [3.05, 3.63) is 66.0 Å². The molecule has 2 amide bonds. The number of nitrogens with zero attached hydrogens (tertiary/aromatic N) is 2. The van der Waals surface area contributed by atoms with Crippen LogP contribution in [0.3, 0.4) is 0 Å². The lowest BCUT2D eigenvalue weighted by Gasteiger charge is -2.08. The van der Waals surface area contributed by atoms with Gasteiger partial charge >= 0.3 is 0 Å². The lowest BCUT2D eigenvalue weighted by atomic mass is 9.95. The van der Waals surface area contributed by atoms with Crippen LogP contribution >= 0.6 is 12.2 Å². The van der Waals surface area contributed by atoms with E-state index in [1.165, 1.54) is 0 Å². The molecule has 1 aliphatic rings. The molecule has 2 aromatic heterocycles. The summed E-state index contributed by atoms with van der Waals surface area (Å²) in [6, 6.07) is 13.4. The summed E-state index contributed by atoms with van der Waals surface area (Å²) in [5.74, 6) is -0.123. The van der Waals surface area contributed by atoms with Crippen molar-refractivity contribution >= 4 is 62.1 Å². The fraction of sp³-hybridized carbons (Fsp3) is 0.160. The molecule has 0 fully saturated rings. The summed E-state index contributed by atoms with van der Waals surface area (Å²) >= 11 is 4.66. The zero-order valence-corrected chi connectivity index (χ0v) is 18.7. The Morgan fingerprint density at radius 3 is 2.58 bits per heavy atom. The van der Waals surface area contributed by atoms with Crippen LogP contribution in [0.15, 0.2) is 59.9 Å². The van der Waals surface area contributed by atoms with Gasteiger partial charge in [0.25, 0.3) is 11.8 Å². The minimum Gasteiger partial charge on any atom is -0.495 e. The Kier molecular flexibility index (Phi) is 5.38. The van der Waals surface area contributed by atoms with E-state index in [0.717, 1.165) is 28.2 Å². The zero-order chi connectivity index (χ0) is 22.9. The second kappa shape index (κ2) is 8.50. The molecule has 0 bridgehead atoms. The maximum absolute atomic E-state index is 13.1. The number of methoxy groups -OCH3 is 1. The van der Waals surface area contributed by atoms with Crippen molar-refractivity contribution < 1.29 is 14.3 Å². The molecule has 2 aromatic carbocycles. The number of H-pyrrole nitrogens is 1. The topological polar surface area (TPSA) is 88.5 Å². The van der Waals surface area contributed by atoms with Crippen molar-refractivity contribution in [2.45, 2.75) is 13.0 Å². The normalized spacial score (nSPS) is 13.6. The number of isothiocyanates is 1. The van der Waals surface area contributed by atoms with Gasteiger partial charge in [-0.2, -0.15) is 0 Å². The van der Waals surface area contributed by atoms with Crippen molar-refractivity contribution in [3.8, 4) is 5.75 Å². The molecule has 5 rings (SSSR count). The number of hydrogen-bond acceptors (Lipinski definition) is 5. The highest BCUT2D eigenvalue weighted by Gasteiger charge is 2.35. The molecule has 164 valence electrons. The molecule has 0 spiro atoms. The lowest BCUT2D eigenvalue weighted by molar-refractivity contribution is -0.122. The van der Waals surface area contributed by atoms with Gasteiger partial charge in [0.15, 0.2) is 0 Å². The number of thiocarbonyl (C=S) groups is 1. The molecule has 0 saturated heterocycles. The number of nitrogens with one attached hydrogen (secondary N) is 2. The molecule has 0 atom stereocenters. The number of amides is 2. The minimum atomic E-state index is -0.410. The van der Waals surface area contributed by atoms with Crippen molar-refractivity contribution in [2.75, 3.05) is 13.7 Å². The second-order valence-electron chi connectivity index (χ2n) is 7.70. The Bertz CT molecular complexity index is 1500. The van der Waals surface area contributed by atoms with Gasteiger partial charge < -0.3 is 14.3 Å². The summed E-state index contributed by atoms with van der Waals surface area (Å²) in [5.41, 5.74) is 3.87. The molecule has 0 unspecified atom stereocenters. The number of aromatic nitrogens is 2. The third-order valence-electron chi connectivity index (χ3n) is 5.87. The smallest absolute Gasteiger partial charge is 0.259 e. The maximum atomic E-state index is 13.1. The van der Waals surface area contributed by atoms with Crippen LogP contribution < -0.4 is 10.1 Å². The number of aromatic amines is 1. The molecule has 33 heavy (non-hydrogen) atoms. The first-order valence-corrected chi connectivity index (χ1v) is 10.9. The summed E-state index contributed by atoms with van der Waals surface area (Å²) < 4.78 is 7.65. The van der Waals surface area contributed by atoms with Crippen LogP contribution in [0.5, 0.6) is 5.75 Å². The van der Waals surface area contributed by atoms with Crippen LogP contribution in [0.4, 0.5) is 0 Å². The monoisotopic (exact) mass is 456 g/mol. The molecule has 7 nitrogen and oxygen atoms in total. The van der Waals surface area contributed by atoms with Gasteiger partial charge in [0.05, 0.1) is 35.5 Å². The van der Waals surface area contributed by atoms with Crippen molar-refractivity contribution in [3.63, 3.8) is 0 Å². The summed E-state index contributed by atoms with van der Waals surface area (Å²) in [6.07, 6.45) is 4.43. The number of carbonyl (C=O) groups is 2. The molecule has 0 saturated carbocycles. The molecule has 2 N–H and O–H groups in total. The summed E-state index contributed by atoms with van der Waals surface area (Å²) in [6.45, 7) is 1.19. The fourth-order valence-corrected chi connectivity index (χ4v) is 4.57. The molecule has 0 radical (unpaired) electrons. The van der Waals surface area contributed by atoms with E-state index in [2.05, 4.69) is 32.7 Å². The van der Waals surface area contributed by atoms with Crippen molar-refractivity contribution in [2.24, 2.45) is 4.99 Å².